The Hall–Kier alpha value is -0.573. The van der Waals surface area contributed by atoms with Crippen LogP contribution in [0.3, 0.4) is 0 Å². The zero-order valence-corrected chi connectivity index (χ0v) is 10.3. The van der Waals surface area contributed by atoms with Gasteiger partial charge in [-0.1, -0.05) is 35.5 Å². The molecule has 76 valence electrons. The molecule has 0 heterocycles. The standard InChI is InChI=1S/C11H15ClOSi/c1-3-14(13-9-8-12)11-6-4-10(2)5-7-11/h3-7,14H,1,8-9H2,2H3. The molecule has 0 aliphatic carbocycles. The van der Waals surface area contributed by atoms with E-state index in [9.17, 15) is 0 Å². The summed E-state index contributed by atoms with van der Waals surface area (Å²) in [7, 11) is -1.43. The zero-order chi connectivity index (χ0) is 10.4. The molecule has 0 aliphatic heterocycles. The number of hydrogen-bond donors (Lipinski definition) is 0. The van der Waals surface area contributed by atoms with Gasteiger partial charge in [0.1, 0.15) is 0 Å². The first-order valence-corrected chi connectivity index (χ1v) is 6.89. The third-order valence-corrected chi connectivity index (χ3v) is 4.21. The summed E-state index contributed by atoms with van der Waals surface area (Å²) in [6, 6.07) is 8.43. The summed E-state index contributed by atoms with van der Waals surface area (Å²) in [5.74, 6) is 0.545. The average molecular weight is 227 g/mol. The van der Waals surface area contributed by atoms with Gasteiger partial charge < -0.3 is 4.43 Å². The van der Waals surface area contributed by atoms with Gasteiger partial charge >= 0.3 is 0 Å². The van der Waals surface area contributed by atoms with E-state index in [4.69, 9.17) is 16.0 Å². The van der Waals surface area contributed by atoms with Gasteiger partial charge in [0.15, 0.2) is 0 Å². The molecule has 1 nitrogen and oxygen atoms in total. The summed E-state index contributed by atoms with van der Waals surface area (Å²) in [5.41, 5.74) is 3.19. The first kappa shape index (κ1) is 11.5. The Balaban J connectivity index is 2.68. The van der Waals surface area contributed by atoms with Crippen molar-refractivity contribution in [1.29, 1.82) is 0 Å². The molecule has 3 heteroatoms. The summed E-state index contributed by atoms with van der Waals surface area (Å²) in [4.78, 5) is 0. The van der Waals surface area contributed by atoms with E-state index in [1.54, 1.807) is 0 Å². The summed E-state index contributed by atoms with van der Waals surface area (Å²) >= 11 is 5.58. The van der Waals surface area contributed by atoms with Crippen LogP contribution in [0.4, 0.5) is 0 Å². The fraction of sp³-hybridized carbons (Fsp3) is 0.273. The Kier molecular flexibility index (Phi) is 4.94. The third-order valence-electron chi connectivity index (χ3n) is 1.99. The van der Waals surface area contributed by atoms with Crippen LogP contribution in [0.1, 0.15) is 5.56 Å². The summed E-state index contributed by atoms with van der Waals surface area (Å²) < 4.78 is 5.66. The SMILES string of the molecule is C=C[SiH](OCCCl)c1ccc(C)cc1. The minimum absolute atomic E-state index is 0.545. The van der Waals surface area contributed by atoms with Crippen molar-refractivity contribution in [3.05, 3.63) is 42.1 Å². The predicted octanol–water partition coefficient (Wildman–Crippen LogP) is 1.91. The highest BCUT2D eigenvalue weighted by Gasteiger charge is 2.09. The monoisotopic (exact) mass is 226 g/mol. The second kappa shape index (κ2) is 6.01. The second-order valence-electron chi connectivity index (χ2n) is 3.13. The smallest absolute Gasteiger partial charge is 0.232 e. The predicted molar refractivity (Wildman–Crippen MR) is 64.8 cm³/mol. The van der Waals surface area contributed by atoms with Crippen molar-refractivity contribution in [2.75, 3.05) is 12.5 Å². The van der Waals surface area contributed by atoms with Crippen molar-refractivity contribution in [3.63, 3.8) is 0 Å². The molecule has 0 bridgehead atoms. The lowest BCUT2D eigenvalue weighted by Crippen LogP contribution is -2.32. The topological polar surface area (TPSA) is 9.23 Å². The maximum atomic E-state index is 5.66. The van der Waals surface area contributed by atoms with Gasteiger partial charge in [-0.3, -0.25) is 0 Å². The Bertz CT molecular complexity index is 284. The number of rotatable bonds is 5. The van der Waals surface area contributed by atoms with E-state index in [-0.39, 0.29) is 0 Å². The van der Waals surface area contributed by atoms with Gasteiger partial charge in [-0.15, -0.1) is 18.2 Å². The highest BCUT2D eigenvalue weighted by Crippen LogP contribution is 1.97. The minimum Gasteiger partial charge on any atom is -0.410 e. The summed E-state index contributed by atoms with van der Waals surface area (Å²) in [6.07, 6.45) is 0. The van der Waals surface area contributed by atoms with Crippen LogP contribution in [0.15, 0.2) is 36.5 Å². The molecule has 0 saturated carbocycles. The lowest BCUT2D eigenvalue weighted by Gasteiger charge is -2.11. The van der Waals surface area contributed by atoms with Crippen LogP contribution in [-0.2, 0) is 4.43 Å². The Morgan fingerprint density at radius 1 is 1.43 bits per heavy atom. The molecule has 0 aliphatic rings. The fourth-order valence-electron chi connectivity index (χ4n) is 1.23. The number of benzene rings is 1. The van der Waals surface area contributed by atoms with Gasteiger partial charge in [0, 0.05) is 12.5 Å². The molecule has 0 radical (unpaired) electrons. The zero-order valence-electron chi connectivity index (χ0n) is 8.37. The van der Waals surface area contributed by atoms with E-state index in [2.05, 4.69) is 37.8 Å². The minimum atomic E-state index is -1.43. The number of halogens is 1. The van der Waals surface area contributed by atoms with Crippen molar-refractivity contribution in [1.82, 2.24) is 0 Å². The van der Waals surface area contributed by atoms with Crippen molar-refractivity contribution in [2.45, 2.75) is 6.92 Å². The highest BCUT2D eigenvalue weighted by molar-refractivity contribution is 6.72. The average Bonchev–Trinajstić information content (AvgIpc) is 2.21. The van der Waals surface area contributed by atoms with Crippen molar-refractivity contribution in [3.8, 4) is 0 Å². The van der Waals surface area contributed by atoms with E-state index in [0.29, 0.717) is 12.5 Å². The molecule has 1 unspecified atom stereocenters. The number of aryl methyl sites for hydroxylation is 1. The van der Waals surface area contributed by atoms with Crippen molar-refractivity contribution >= 4 is 25.8 Å². The maximum absolute atomic E-state index is 5.66. The van der Waals surface area contributed by atoms with E-state index in [1.165, 1.54) is 10.8 Å². The molecule has 0 fully saturated rings. The van der Waals surface area contributed by atoms with Crippen LogP contribution < -0.4 is 5.19 Å². The lowest BCUT2D eigenvalue weighted by molar-refractivity contribution is 0.360. The fourth-order valence-corrected chi connectivity index (χ4v) is 3.01. The maximum Gasteiger partial charge on any atom is 0.232 e. The molecule has 0 N–H and O–H groups in total. The van der Waals surface area contributed by atoms with Gasteiger partial charge in [0.2, 0.25) is 9.04 Å². The molecule has 0 spiro atoms. The second-order valence-corrected chi connectivity index (χ2v) is 5.82. The van der Waals surface area contributed by atoms with E-state index >= 15 is 0 Å². The normalized spacial score (nSPS) is 12.4. The van der Waals surface area contributed by atoms with Crippen LogP contribution in [0, 0.1) is 6.92 Å². The summed E-state index contributed by atoms with van der Waals surface area (Å²) in [5, 5.41) is 1.26. The van der Waals surface area contributed by atoms with Gasteiger partial charge in [0.05, 0.1) is 0 Å². The third kappa shape index (κ3) is 3.29. The van der Waals surface area contributed by atoms with Crippen LogP contribution in [0.25, 0.3) is 0 Å². The van der Waals surface area contributed by atoms with Crippen molar-refractivity contribution in [2.24, 2.45) is 0 Å². The van der Waals surface area contributed by atoms with Crippen LogP contribution in [0.2, 0.25) is 0 Å². The first-order valence-electron chi connectivity index (χ1n) is 4.64. The largest absolute Gasteiger partial charge is 0.410 e. The van der Waals surface area contributed by atoms with Gasteiger partial charge in [-0.25, -0.2) is 0 Å². The number of hydrogen-bond acceptors (Lipinski definition) is 1. The molecule has 0 saturated heterocycles. The Morgan fingerprint density at radius 2 is 2.07 bits per heavy atom. The van der Waals surface area contributed by atoms with Crippen LogP contribution >= 0.6 is 11.6 Å². The molecular formula is C11H15ClOSi. The van der Waals surface area contributed by atoms with Crippen LogP contribution in [0.5, 0.6) is 0 Å². The Labute approximate surface area is 92.1 Å². The van der Waals surface area contributed by atoms with Gasteiger partial charge in [-0.05, 0) is 12.1 Å². The quantitative estimate of drug-likeness (QED) is 0.551. The molecule has 1 aromatic carbocycles. The van der Waals surface area contributed by atoms with Gasteiger partial charge in [-0.2, -0.15) is 0 Å². The first-order chi connectivity index (χ1) is 6.77. The molecule has 0 amide bonds. The summed E-state index contributed by atoms with van der Waals surface area (Å²) in [6.45, 7) is 6.49. The van der Waals surface area contributed by atoms with E-state index < -0.39 is 9.04 Å². The molecule has 1 aromatic rings. The number of alkyl halides is 1. The van der Waals surface area contributed by atoms with Crippen LogP contribution in [-0.4, -0.2) is 21.5 Å². The Morgan fingerprint density at radius 3 is 2.57 bits per heavy atom. The molecule has 14 heavy (non-hydrogen) atoms. The lowest BCUT2D eigenvalue weighted by atomic mass is 10.2. The molecular weight excluding hydrogens is 212 g/mol. The van der Waals surface area contributed by atoms with E-state index in [0.717, 1.165) is 0 Å². The molecule has 1 atom stereocenters. The molecule has 1 rings (SSSR count). The molecule has 0 aromatic heterocycles. The highest BCUT2D eigenvalue weighted by atomic mass is 35.5. The van der Waals surface area contributed by atoms with Gasteiger partial charge in [0.25, 0.3) is 0 Å². The van der Waals surface area contributed by atoms with Crippen molar-refractivity contribution < 1.29 is 4.43 Å². The van der Waals surface area contributed by atoms with E-state index in [1.807, 2.05) is 5.70 Å².